The summed E-state index contributed by atoms with van der Waals surface area (Å²) >= 11 is 8.99. The first-order valence-corrected chi connectivity index (χ1v) is 12.3. The summed E-state index contributed by atoms with van der Waals surface area (Å²) in [5, 5.41) is 8.74. The van der Waals surface area contributed by atoms with Crippen molar-refractivity contribution < 1.29 is 9.59 Å². The van der Waals surface area contributed by atoms with Gasteiger partial charge in [-0.2, -0.15) is 0 Å². The zero-order valence-electron chi connectivity index (χ0n) is 17.7. The largest absolute Gasteiger partial charge is 0.322 e. The second-order valence-electron chi connectivity index (χ2n) is 7.20. The number of anilines is 2. The van der Waals surface area contributed by atoms with E-state index in [9.17, 15) is 9.59 Å². The van der Waals surface area contributed by atoms with Crippen LogP contribution in [0.4, 0.5) is 10.8 Å². The fourth-order valence-electron chi connectivity index (χ4n) is 3.05. The second kappa shape index (κ2) is 10.7. The number of carbonyl (C=O) groups is 2. The Balaban J connectivity index is 1.28. The standard InChI is InChI=1S/C25H20ClN3O2S2/c1-16-5-4-6-17(13-16)24(31)27-18-9-11-19(12-10-18)32-15-23(30)29-25-28-22(14-33-25)20-7-2-3-8-21(20)26/h2-14H,15H2,1H3,(H,27,31)(H,28,29,30). The first kappa shape index (κ1) is 23.0. The van der Waals surface area contributed by atoms with E-state index in [-0.39, 0.29) is 17.6 Å². The van der Waals surface area contributed by atoms with Crippen LogP contribution in [-0.2, 0) is 4.79 Å². The first-order chi connectivity index (χ1) is 16.0. The summed E-state index contributed by atoms with van der Waals surface area (Å²) in [5.74, 6) is -0.0503. The molecule has 4 aromatic rings. The average Bonchev–Trinajstić information content (AvgIpc) is 3.27. The van der Waals surface area contributed by atoms with E-state index in [1.54, 1.807) is 6.07 Å². The van der Waals surface area contributed by atoms with Crippen molar-refractivity contribution in [1.82, 2.24) is 4.98 Å². The summed E-state index contributed by atoms with van der Waals surface area (Å²) in [6, 6.07) is 22.3. The number of carbonyl (C=O) groups excluding carboxylic acids is 2. The van der Waals surface area contributed by atoms with Crippen molar-refractivity contribution >= 4 is 57.3 Å². The number of aryl methyl sites for hydroxylation is 1. The van der Waals surface area contributed by atoms with Crippen LogP contribution in [0.25, 0.3) is 11.3 Å². The maximum atomic E-state index is 12.4. The Hall–Kier alpha value is -3.13. The van der Waals surface area contributed by atoms with Crippen molar-refractivity contribution in [2.45, 2.75) is 11.8 Å². The highest BCUT2D eigenvalue weighted by atomic mass is 35.5. The smallest absolute Gasteiger partial charge is 0.255 e. The van der Waals surface area contributed by atoms with Crippen LogP contribution in [0.3, 0.4) is 0 Å². The van der Waals surface area contributed by atoms with E-state index in [1.807, 2.05) is 79.0 Å². The first-order valence-electron chi connectivity index (χ1n) is 10.1. The second-order valence-corrected chi connectivity index (χ2v) is 9.52. The van der Waals surface area contributed by atoms with E-state index in [0.717, 1.165) is 21.7 Å². The predicted molar refractivity (Wildman–Crippen MR) is 137 cm³/mol. The highest BCUT2D eigenvalue weighted by Crippen LogP contribution is 2.30. The number of rotatable bonds is 7. The molecule has 2 N–H and O–H groups in total. The lowest BCUT2D eigenvalue weighted by molar-refractivity contribution is -0.113. The van der Waals surface area contributed by atoms with Gasteiger partial charge in [0, 0.05) is 32.1 Å². The predicted octanol–water partition coefficient (Wildman–Crippen LogP) is 6.76. The number of nitrogens with zero attached hydrogens (tertiary/aromatic N) is 1. The molecular weight excluding hydrogens is 474 g/mol. The van der Waals surface area contributed by atoms with Gasteiger partial charge in [0.2, 0.25) is 5.91 Å². The number of hydrogen-bond acceptors (Lipinski definition) is 5. The van der Waals surface area contributed by atoms with Gasteiger partial charge in [-0.3, -0.25) is 9.59 Å². The molecule has 8 heteroatoms. The van der Waals surface area contributed by atoms with Crippen LogP contribution >= 0.6 is 34.7 Å². The molecule has 166 valence electrons. The highest BCUT2D eigenvalue weighted by Gasteiger charge is 2.11. The number of aromatic nitrogens is 1. The minimum Gasteiger partial charge on any atom is -0.322 e. The Morgan fingerprint density at radius 3 is 2.55 bits per heavy atom. The summed E-state index contributed by atoms with van der Waals surface area (Å²) in [6.45, 7) is 1.95. The van der Waals surface area contributed by atoms with Crippen molar-refractivity contribution in [2.75, 3.05) is 16.4 Å². The van der Waals surface area contributed by atoms with Crippen LogP contribution in [0.1, 0.15) is 15.9 Å². The Morgan fingerprint density at radius 1 is 1.00 bits per heavy atom. The van der Waals surface area contributed by atoms with Crippen molar-refractivity contribution in [3.8, 4) is 11.3 Å². The van der Waals surface area contributed by atoms with Gasteiger partial charge in [-0.25, -0.2) is 4.98 Å². The van der Waals surface area contributed by atoms with Gasteiger partial charge in [0.1, 0.15) is 0 Å². The molecule has 4 rings (SSSR count). The molecule has 5 nitrogen and oxygen atoms in total. The van der Waals surface area contributed by atoms with E-state index >= 15 is 0 Å². The molecule has 1 aromatic heterocycles. The normalized spacial score (nSPS) is 10.6. The summed E-state index contributed by atoms with van der Waals surface area (Å²) in [6.07, 6.45) is 0. The molecule has 0 atom stereocenters. The number of amides is 2. The van der Waals surface area contributed by atoms with Crippen LogP contribution in [0.15, 0.2) is 83.1 Å². The highest BCUT2D eigenvalue weighted by molar-refractivity contribution is 8.00. The Morgan fingerprint density at radius 2 is 1.79 bits per heavy atom. The SMILES string of the molecule is Cc1cccc(C(=O)Nc2ccc(SCC(=O)Nc3nc(-c4ccccc4Cl)cs3)cc2)c1. The third kappa shape index (κ3) is 6.22. The van der Waals surface area contributed by atoms with Gasteiger partial charge in [0.25, 0.3) is 5.91 Å². The zero-order valence-corrected chi connectivity index (χ0v) is 20.1. The van der Waals surface area contributed by atoms with Gasteiger partial charge in [-0.05, 0) is 49.4 Å². The summed E-state index contributed by atoms with van der Waals surface area (Å²) in [4.78, 5) is 30.1. The number of halogens is 1. The Bertz CT molecular complexity index is 1290. The van der Waals surface area contributed by atoms with Crippen molar-refractivity contribution in [2.24, 2.45) is 0 Å². The Labute approximate surface area is 205 Å². The molecule has 0 unspecified atom stereocenters. The Kier molecular flexibility index (Phi) is 7.44. The van der Waals surface area contributed by atoms with E-state index in [1.165, 1.54) is 23.1 Å². The molecule has 0 bridgehead atoms. The molecule has 0 radical (unpaired) electrons. The van der Waals surface area contributed by atoms with Crippen LogP contribution in [0.5, 0.6) is 0 Å². The summed E-state index contributed by atoms with van der Waals surface area (Å²) < 4.78 is 0. The topological polar surface area (TPSA) is 71.1 Å². The summed E-state index contributed by atoms with van der Waals surface area (Å²) in [7, 11) is 0. The van der Waals surface area contributed by atoms with Gasteiger partial charge < -0.3 is 10.6 Å². The molecule has 3 aromatic carbocycles. The molecule has 0 aliphatic rings. The lowest BCUT2D eigenvalue weighted by Gasteiger charge is -2.07. The van der Waals surface area contributed by atoms with E-state index in [4.69, 9.17) is 11.6 Å². The number of hydrogen-bond donors (Lipinski definition) is 2. The van der Waals surface area contributed by atoms with Crippen molar-refractivity contribution in [1.29, 1.82) is 0 Å². The molecule has 0 saturated heterocycles. The number of thioether (sulfide) groups is 1. The van der Waals surface area contributed by atoms with Crippen LogP contribution < -0.4 is 10.6 Å². The minimum atomic E-state index is -0.155. The molecule has 1 heterocycles. The van der Waals surface area contributed by atoms with Crippen LogP contribution in [0.2, 0.25) is 5.02 Å². The fraction of sp³-hybridized carbons (Fsp3) is 0.0800. The van der Waals surface area contributed by atoms with Gasteiger partial charge in [0.15, 0.2) is 5.13 Å². The molecular formula is C25H20ClN3O2S2. The average molecular weight is 494 g/mol. The molecule has 0 fully saturated rings. The van der Waals surface area contributed by atoms with E-state index < -0.39 is 0 Å². The lowest BCUT2D eigenvalue weighted by atomic mass is 10.1. The third-order valence-corrected chi connectivity index (χ3v) is 6.76. The maximum absolute atomic E-state index is 12.4. The molecule has 0 aliphatic heterocycles. The quantitative estimate of drug-likeness (QED) is 0.279. The van der Waals surface area contributed by atoms with Crippen molar-refractivity contribution in [3.63, 3.8) is 0 Å². The van der Waals surface area contributed by atoms with Gasteiger partial charge in [-0.15, -0.1) is 23.1 Å². The monoisotopic (exact) mass is 493 g/mol. The van der Waals surface area contributed by atoms with E-state index in [0.29, 0.717) is 21.4 Å². The van der Waals surface area contributed by atoms with Crippen LogP contribution in [-0.4, -0.2) is 22.6 Å². The molecule has 33 heavy (non-hydrogen) atoms. The minimum absolute atomic E-state index is 0.142. The molecule has 0 aliphatic carbocycles. The van der Waals surface area contributed by atoms with Gasteiger partial charge in [-0.1, -0.05) is 47.5 Å². The zero-order chi connectivity index (χ0) is 23.2. The number of benzene rings is 3. The van der Waals surface area contributed by atoms with Gasteiger partial charge >= 0.3 is 0 Å². The summed E-state index contributed by atoms with van der Waals surface area (Å²) in [5.41, 5.74) is 3.91. The molecule has 0 spiro atoms. The third-order valence-electron chi connectivity index (χ3n) is 4.66. The maximum Gasteiger partial charge on any atom is 0.255 e. The number of thiazole rings is 1. The van der Waals surface area contributed by atoms with Crippen molar-refractivity contribution in [3.05, 3.63) is 94.3 Å². The molecule has 2 amide bonds. The lowest BCUT2D eigenvalue weighted by Crippen LogP contribution is -2.13. The van der Waals surface area contributed by atoms with Crippen LogP contribution in [0, 0.1) is 6.92 Å². The van der Waals surface area contributed by atoms with E-state index in [2.05, 4.69) is 15.6 Å². The van der Waals surface area contributed by atoms with Gasteiger partial charge in [0.05, 0.1) is 11.4 Å². The molecule has 0 saturated carbocycles. The fourth-order valence-corrected chi connectivity index (χ4v) is 4.71. The number of nitrogens with one attached hydrogen (secondary N) is 2.